The molecule has 1 amide bonds. The number of aryl methyl sites for hydroxylation is 1. The quantitative estimate of drug-likeness (QED) is 0.880. The molecule has 2 heterocycles. The van der Waals surface area contributed by atoms with Crippen molar-refractivity contribution in [1.82, 2.24) is 19.4 Å². The summed E-state index contributed by atoms with van der Waals surface area (Å²) in [5, 5.41) is 3.85. The van der Waals surface area contributed by atoms with Crippen LogP contribution in [0.4, 0.5) is 0 Å². The molecule has 128 valence electrons. The minimum atomic E-state index is -3.76. The van der Waals surface area contributed by atoms with Crippen molar-refractivity contribution < 1.29 is 13.2 Å². The Hall–Kier alpha value is -2.19. The van der Waals surface area contributed by atoms with Crippen LogP contribution < -0.4 is 4.72 Å². The number of hydrogen-bond acceptors (Lipinski definition) is 4. The molecule has 3 rings (SSSR count). The lowest BCUT2D eigenvalue weighted by atomic mass is 9.99. The van der Waals surface area contributed by atoms with Gasteiger partial charge in [-0.15, -0.1) is 0 Å². The van der Waals surface area contributed by atoms with E-state index in [0.29, 0.717) is 13.1 Å². The van der Waals surface area contributed by atoms with Gasteiger partial charge in [0.25, 0.3) is 0 Å². The second-order valence-electron chi connectivity index (χ2n) is 5.97. The van der Waals surface area contributed by atoms with Gasteiger partial charge in [0, 0.05) is 26.3 Å². The van der Waals surface area contributed by atoms with Crippen molar-refractivity contribution in [1.29, 1.82) is 0 Å². The van der Waals surface area contributed by atoms with E-state index in [4.69, 9.17) is 0 Å². The normalized spacial score (nSPS) is 15.8. The van der Waals surface area contributed by atoms with Crippen LogP contribution in [0.2, 0.25) is 0 Å². The maximum Gasteiger partial charge on any atom is 0.244 e. The van der Waals surface area contributed by atoms with Gasteiger partial charge in [-0.3, -0.25) is 9.48 Å². The fourth-order valence-corrected chi connectivity index (χ4v) is 4.03. The Morgan fingerprint density at radius 2 is 2.00 bits per heavy atom. The monoisotopic (exact) mass is 348 g/mol. The van der Waals surface area contributed by atoms with Crippen LogP contribution in [0, 0.1) is 0 Å². The number of sulfonamides is 1. The molecule has 0 saturated heterocycles. The number of aromatic nitrogens is 2. The van der Waals surface area contributed by atoms with E-state index in [0.717, 1.165) is 12.0 Å². The van der Waals surface area contributed by atoms with Gasteiger partial charge in [-0.2, -0.15) is 9.82 Å². The summed E-state index contributed by atoms with van der Waals surface area (Å²) in [6, 6.07) is 7.16. The van der Waals surface area contributed by atoms with Crippen LogP contribution in [-0.2, 0) is 34.8 Å². The highest BCUT2D eigenvalue weighted by molar-refractivity contribution is 7.89. The van der Waals surface area contributed by atoms with Gasteiger partial charge < -0.3 is 4.90 Å². The van der Waals surface area contributed by atoms with Crippen molar-refractivity contribution in [3.8, 4) is 0 Å². The molecule has 2 aromatic rings. The SMILES string of the molecule is C[C@@H](NS(=O)(=O)c1cnn(C)c1)C(=O)N1CCc2ccccc2C1. The summed E-state index contributed by atoms with van der Waals surface area (Å²) in [6.45, 7) is 2.67. The summed E-state index contributed by atoms with van der Waals surface area (Å²) in [5.41, 5.74) is 2.35. The molecule has 0 radical (unpaired) electrons. The first-order valence-corrected chi connectivity index (χ1v) is 9.22. The summed E-state index contributed by atoms with van der Waals surface area (Å²) >= 11 is 0. The van der Waals surface area contributed by atoms with E-state index in [2.05, 4.69) is 15.9 Å². The average Bonchev–Trinajstić information content (AvgIpc) is 3.00. The lowest BCUT2D eigenvalue weighted by molar-refractivity contribution is -0.133. The van der Waals surface area contributed by atoms with Crippen molar-refractivity contribution in [2.24, 2.45) is 7.05 Å². The molecule has 24 heavy (non-hydrogen) atoms. The lowest BCUT2D eigenvalue weighted by Gasteiger charge is -2.31. The highest BCUT2D eigenvalue weighted by Gasteiger charge is 2.28. The molecule has 0 bridgehead atoms. The number of rotatable bonds is 4. The Kier molecular flexibility index (Phi) is 4.42. The number of carbonyl (C=O) groups is 1. The standard InChI is InChI=1S/C16H20N4O3S/c1-12(18-24(22,23)15-9-17-19(2)11-15)16(21)20-8-7-13-5-3-4-6-14(13)10-20/h3-6,9,11-12,18H,7-8,10H2,1-2H3/t12-/m1/s1. The Labute approximate surface area is 141 Å². The zero-order chi connectivity index (χ0) is 17.3. The van der Waals surface area contributed by atoms with Crippen LogP contribution in [0.15, 0.2) is 41.6 Å². The third-order valence-corrected chi connectivity index (χ3v) is 5.63. The van der Waals surface area contributed by atoms with Gasteiger partial charge in [-0.05, 0) is 24.5 Å². The molecule has 8 heteroatoms. The topological polar surface area (TPSA) is 84.3 Å². The Bertz CT molecular complexity index is 860. The van der Waals surface area contributed by atoms with Crippen molar-refractivity contribution in [3.63, 3.8) is 0 Å². The molecule has 7 nitrogen and oxygen atoms in total. The number of nitrogens with one attached hydrogen (secondary N) is 1. The molecule has 1 aromatic heterocycles. The maximum atomic E-state index is 12.6. The van der Waals surface area contributed by atoms with Gasteiger partial charge >= 0.3 is 0 Å². The summed E-state index contributed by atoms with van der Waals surface area (Å²) < 4.78 is 28.5. The van der Waals surface area contributed by atoms with E-state index in [1.807, 2.05) is 18.2 Å². The molecule has 0 saturated carbocycles. The fourth-order valence-electron chi connectivity index (χ4n) is 2.85. The van der Waals surface area contributed by atoms with Crippen molar-refractivity contribution >= 4 is 15.9 Å². The second-order valence-corrected chi connectivity index (χ2v) is 7.69. The van der Waals surface area contributed by atoms with Gasteiger partial charge in [0.05, 0.1) is 12.2 Å². The smallest absolute Gasteiger partial charge is 0.244 e. The van der Waals surface area contributed by atoms with Crippen molar-refractivity contribution in [3.05, 3.63) is 47.8 Å². The van der Waals surface area contributed by atoms with E-state index in [1.165, 1.54) is 22.6 Å². The predicted octanol–water partition coefficient (Wildman–Crippen LogP) is 0.672. The van der Waals surface area contributed by atoms with E-state index in [-0.39, 0.29) is 10.8 Å². The van der Waals surface area contributed by atoms with Gasteiger partial charge in [0.1, 0.15) is 4.90 Å². The van der Waals surface area contributed by atoms with E-state index < -0.39 is 16.1 Å². The first kappa shape index (κ1) is 16.7. The van der Waals surface area contributed by atoms with Gasteiger partial charge in [0.15, 0.2) is 0 Å². The van der Waals surface area contributed by atoms with Crippen LogP contribution in [0.3, 0.4) is 0 Å². The molecule has 1 aromatic carbocycles. The number of benzene rings is 1. The van der Waals surface area contributed by atoms with E-state index in [1.54, 1.807) is 18.9 Å². The Morgan fingerprint density at radius 1 is 1.29 bits per heavy atom. The van der Waals surface area contributed by atoms with Gasteiger partial charge in [-0.1, -0.05) is 24.3 Å². The molecule has 1 atom stereocenters. The van der Waals surface area contributed by atoms with Crippen LogP contribution in [0.1, 0.15) is 18.1 Å². The Balaban J connectivity index is 1.69. The first-order chi connectivity index (χ1) is 11.4. The van der Waals surface area contributed by atoms with Gasteiger partial charge in [-0.25, -0.2) is 8.42 Å². The van der Waals surface area contributed by atoms with Crippen LogP contribution in [0.25, 0.3) is 0 Å². The zero-order valence-corrected chi connectivity index (χ0v) is 14.5. The summed E-state index contributed by atoms with van der Waals surface area (Å²) in [5.74, 6) is -0.225. The predicted molar refractivity (Wildman–Crippen MR) is 88.6 cm³/mol. The summed E-state index contributed by atoms with van der Waals surface area (Å²) in [7, 11) is -2.13. The molecular weight excluding hydrogens is 328 g/mol. The minimum absolute atomic E-state index is 0.0497. The average molecular weight is 348 g/mol. The highest BCUT2D eigenvalue weighted by Crippen LogP contribution is 2.19. The molecule has 0 unspecified atom stereocenters. The third kappa shape index (κ3) is 3.34. The summed E-state index contributed by atoms with van der Waals surface area (Å²) in [6.07, 6.45) is 3.44. The number of hydrogen-bond donors (Lipinski definition) is 1. The van der Waals surface area contributed by atoms with Crippen molar-refractivity contribution in [2.45, 2.75) is 30.8 Å². The third-order valence-electron chi connectivity index (χ3n) is 4.14. The first-order valence-electron chi connectivity index (χ1n) is 7.73. The number of fused-ring (bicyclic) bond motifs is 1. The largest absolute Gasteiger partial charge is 0.337 e. The molecular formula is C16H20N4O3S. The molecule has 0 aliphatic carbocycles. The zero-order valence-electron chi connectivity index (χ0n) is 13.6. The minimum Gasteiger partial charge on any atom is -0.337 e. The highest BCUT2D eigenvalue weighted by atomic mass is 32.2. The van der Waals surface area contributed by atoms with Crippen LogP contribution in [-0.4, -0.2) is 41.6 Å². The number of amides is 1. The Morgan fingerprint density at radius 3 is 2.67 bits per heavy atom. The van der Waals surface area contributed by atoms with Crippen LogP contribution >= 0.6 is 0 Å². The fraction of sp³-hybridized carbons (Fsp3) is 0.375. The molecule has 0 fully saturated rings. The van der Waals surface area contributed by atoms with Gasteiger partial charge in [0.2, 0.25) is 15.9 Å². The molecule has 1 N–H and O–H groups in total. The number of carbonyl (C=O) groups excluding carboxylic acids is 1. The van der Waals surface area contributed by atoms with E-state index in [9.17, 15) is 13.2 Å². The summed E-state index contributed by atoms with van der Waals surface area (Å²) in [4.78, 5) is 14.3. The number of nitrogens with zero attached hydrogens (tertiary/aromatic N) is 3. The molecule has 0 spiro atoms. The molecule has 1 aliphatic heterocycles. The lowest BCUT2D eigenvalue weighted by Crippen LogP contribution is -2.48. The maximum absolute atomic E-state index is 12.6. The van der Waals surface area contributed by atoms with Crippen LogP contribution in [0.5, 0.6) is 0 Å². The van der Waals surface area contributed by atoms with E-state index >= 15 is 0 Å². The molecule has 1 aliphatic rings. The van der Waals surface area contributed by atoms with Crippen molar-refractivity contribution in [2.75, 3.05) is 6.54 Å². The second kappa shape index (κ2) is 6.37.